The fourth-order valence-corrected chi connectivity index (χ4v) is 3.45. The lowest BCUT2D eigenvalue weighted by atomic mass is 9.70. The third-order valence-corrected chi connectivity index (χ3v) is 5.22. The van der Waals surface area contributed by atoms with Gasteiger partial charge in [0.15, 0.2) is 6.61 Å². The topological polar surface area (TPSA) is 81.7 Å². The standard InChI is InChI=1S/C21H29NO5/c1-21(2,3)16-9-5-15(6-10-16)20(25)27-13-18(23)22-17-11-7-14(8-12-17)19(24)26-4/h7-8,11-12,15-16H,5-6,9-10,13H2,1-4H3,(H,22,23). The molecule has 0 atom stereocenters. The molecule has 0 saturated heterocycles. The van der Waals surface area contributed by atoms with Gasteiger partial charge in [-0.1, -0.05) is 20.8 Å². The van der Waals surface area contributed by atoms with Gasteiger partial charge in [0.25, 0.3) is 5.91 Å². The van der Waals surface area contributed by atoms with Gasteiger partial charge in [-0.05, 0) is 61.3 Å². The first-order valence-electron chi connectivity index (χ1n) is 9.35. The van der Waals surface area contributed by atoms with Crippen molar-refractivity contribution in [2.75, 3.05) is 19.0 Å². The molecule has 0 radical (unpaired) electrons. The third-order valence-electron chi connectivity index (χ3n) is 5.22. The van der Waals surface area contributed by atoms with E-state index in [1.165, 1.54) is 7.11 Å². The largest absolute Gasteiger partial charge is 0.465 e. The lowest BCUT2D eigenvalue weighted by Gasteiger charge is -2.36. The van der Waals surface area contributed by atoms with Crippen molar-refractivity contribution in [3.05, 3.63) is 29.8 Å². The SMILES string of the molecule is COC(=O)c1ccc(NC(=O)COC(=O)C2CCC(C(C)(C)C)CC2)cc1. The number of carbonyl (C=O) groups is 3. The third kappa shape index (κ3) is 6.08. The molecule has 0 aliphatic heterocycles. The van der Waals surface area contributed by atoms with Gasteiger partial charge in [0, 0.05) is 5.69 Å². The van der Waals surface area contributed by atoms with E-state index in [1.807, 2.05) is 0 Å². The average Bonchev–Trinajstić information content (AvgIpc) is 2.65. The van der Waals surface area contributed by atoms with Gasteiger partial charge >= 0.3 is 11.9 Å². The van der Waals surface area contributed by atoms with Crippen molar-refractivity contribution in [2.45, 2.75) is 46.5 Å². The molecule has 0 unspecified atom stereocenters. The van der Waals surface area contributed by atoms with E-state index in [4.69, 9.17) is 4.74 Å². The highest BCUT2D eigenvalue weighted by Crippen LogP contribution is 2.40. The Bertz CT molecular complexity index is 667. The Labute approximate surface area is 160 Å². The van der Waals surface area contributed by atoms with Gasteiger partial charge in [0.2, 0.25) is 0 Å². The van der Waals surface area contributed by atoms with Gasteiger partial charge < -0.3 is 14.8 Å². The van der Waals surface area contributed by atoms with Crippen molar-refractivity contribution in [1.29, 1.82) is 0 Å². The summed E-state index contributed by atoms with van der Waals surface area (Å²) in [6, 6.07) is 6.31. The van der Waals surface area contributed by atoms with Crippen LogP contribution in [0.4, 0.5) is 5.69 Å². The molecule has 0 aromatic heterocycles. The van der Waals surface area contributed by atoms with Gasteiger partial charge in [-0.25, -0.2) is 4.79 Å². The predicted octanol–water partition coefficient (Wildman–Crippen LogP) is 3.81. The molecule has 6 heteroatoms. The van der Waals surface area contributed by atoms with Crippen molar-refractivity contribution in [3.8, 4) is 0 Å². The summed E-state index contributed by atoms with van der Waals surface area (Å²) >= 11 is 0. The molecule has 1 fully saturated rings. The van der Waals surface area contributed by atoms with Crippen LogP contribution in [0.1, 0.15) is 56.8 Å². The molecule has 1 N–H and O–H groups in total. The molecule has 1 amide bonds. The second-order valence-electron chi connectivity index (χ2n) is 8.14. The zero-order valence-corrected chi connectivity index (χ0v) is 16.5. The number of rotatable bonds is 5. The Hall–Kier alpha value is -2.37. The Kier molecular flexibility index (Phi) is 6.99. The lowest BCUT2D eigenvalue weighted by molar-refractivity contribution is -0.153. The minimum Gasteiger partial charge on any atom is -0.465 e. The van der Waals surface area contributed by atoms with Crippen LogP contribution in [-0.4, -0.2) is 31.6 Å². The Morgan fingerprint density at radius 1 is 1.04 bits per heavy atom. The van der Waals surface area contributed by atoms with Crippen LogP contribution in [0.3, 0.4) is 0 Å². The molecule has 2 rings (SSSR count). The number of carbonyl (C=O) groups excluding carboxylic acids is 3. The van der Waals surface area contributed by atoms with Crippen LogP contribution >= 0.6 is 0 Å². The van der Waals surface area contributed by atoms with Gasteiger partial charge in [0.1, 0.15) is 0 Å². The minimum absolute atomic E-state index is 0.115. The smallest absolute Gasteiger partial charge is 0.337 e. The Balaban J connectivity index is 1.75. The number of methoxy groups -OCH3 is 1. The average molecular weight is 375 g/mol. The Morgan fingerprint density at radius 3 is 2.15 bits per heavy atom. The van der Waals surface area contributed by atoms with Crippen molar-refractivity contribution < 1.29 is 23.9 Å². The van der Waals surface area contributed by atoms with Crippen LogP contribution in [0, 0.1) is 17.3 Å². The maximum absolute atomic E-state index is 12.2. The van der Waals surface area contributed by atoms with Crippen molar-refractivity contribution in [2.24, 2.45) is 17.3 Å². The summed E-state index contributed by atoms with van der Waals surface area (Å²) in [5.74, 6) is -0.632. The molecule has 0 spiro atoms. The number of nitrogens with one attached hydrogen (secondary N) is 1. The minimum atomic E-state index is -0.442. The van der Waals surface area contributed by atoms with E-state index >= 15 is 0 Å². The molecular weight excluding hydrogens is 346 g/mol. The van der Waals surface area contributed by atoms with E-state index in [1.54, 1.807) is 24.3 Å². The van der Waals surface area contributed by atoms with E-state index in [0.29, 0.717) is 17.2 Å². The summed E-state index contributed by atoms with van der Waals surface area (Å²) in [4.78, 5) is 35.6. The van der Waals surface area contributed by atoms with Crippen molar-refractivity contribution in [1.82, 2.24) is 0 Å². The molecule has 0 bridgehead atoms. The van der Waals surface area contributed by atoms with E-state index in [0.717, 1.165) is 25.7 Å². The monoisotopic (exact) mass is 375 g/mol. The summed E-state index contributed by atoms with van der Waals surface area (Å²) in [6.07, 6.45) is 3.67. The molecule has 6 nitrogen and oxygen atoms in total. The first-order valence-corrected chi connectivity index (χ1v) is 9.35. The van der Waals surface area contributed by atoms with Crippen molar-refractivity contribution >= 4 is 23.5 Å². The lowest BCUT2D eigenvalue weighted by Crippen LogP contribution is -2.31. The van der Waals surface area contributed by atoms with Crippen LogP contribution in [0.15, 0.2) is 24.3 Å². The summed E-state index contributed by atoms with van der Waals surface area (Å²) in [5.41, 5.74) is 1.18. The maximum Gasteiger partial charge on any atom is 0.337 e. The fraction of sp³-hybridized carbons (Fsp3) is 0.571. The number of hydrogen-bond acceptors (Lipinski definition) is 5. The molecule has 1 aliphatic rings. The highest BCUT2D eigenvalue weighted by atomic mass is 16.5. The molecule has 148 valence electrons. The number of amides is 1. The maximum atomic E-state index is 12.2. The van der Waals surface area contributed by atoms with E-state index in [2.05, 4.69) is 30.8 Å². The molecule has 1 aromatic carbocycles. The molecular formula is C21H29NO5. The van der Waals surface area contributed by atoms with Crippen LogP contribution in [0.5, 0.6) is 0 Å². The summed E-state index contributed by atoms with van der Waals surface area (Å²) in [7, 11) is 1.31. The summed E-state index contributed by atoms with van der Waals surface area (Å²) < 4.78 is 9.81. The van der Waals surface area contributed by atoms with Crippen molar-refractivity contribution in [3.63, 3.8) is 0 Å². The first-order chi connectivity index (χ1) is 12.7. The molecule has 27 heavy (non-hydrogen) atoms. The molecule has 1 aliphatic carbocycles. The van der Waals surface area contributed by atoms with Gasteiger partial charge in [-0.2, -0.15) is 0 Å². The fourth-order valence-electron chi connectivity index (χ4n) is 3.45. The van der Waals surface area contributed by atoms with Gasteiger partial charge in [-0.3, -0.25) is 9.59 Å². The second kappa shape index (κ2) is 9.02. The van der Waals surface area contributed by atoms with E-state index in [-0.39, 0.29) is 23.9 Å². The summed E-state index contributed by atoms with van der Waals surface area (Å²) in [5, 5.41) is 2.64. The zero-order valence-electron chi connectivity index (χ0n) is 16.5. The van der Waals surface area contributed by atoms with E-state index < -0.39 is 11.9 Å². The quantitative estimate of drug-likeness (QED) is 0.792. The molecule has 0 heterocycles. The number of ether oxygens (including phenoxy) is 2. The number of hydrogen-bond donors (Lipinski definition) is 1. The zero-order chi connectivity index (χ0) is 20.0. The van der Waals surface area contributed by atoms with Crippen LogP contribution in [0.25, 0.3) is 0 Å². The van der Waals surface area contributed by atoms with Crippen LogP contribution in [0.2, 0.25) is 0 Å². The Morgan fingerprint density at radius 2 is 1.63 bits per heavy atom. The molecule has 1 saturated carbocycles. The normalized spacial score (nSPS) is 19.9. The number of esters is 2. The first kappa shape index (κ1) is 20.9. The van der Waals surface area contributed by atoms with Gasteiger partial charge in [-0.15, -0.1) is 0 Å². The van der Waals surface area contributed by atoms with E-state index in [9.17, 15) is 14.4 Å². The number of anilines is 1. The molecule has 1 aromatic rings. The highest BCUT2D eigenvalue weighted by Gasteiger charge is 2.33. The van der Waals surface area contributed by atoms with Gasteiger partial charge in [0.05, 0.1) is 18.6 Å². The number of benzene rings is 1. The highest BCUT2D eigenvalue weighted by molar-refractivity contribution is 5.94. The predicted molar refractivity (Wildman–Crippen MR) is 102 cm³/mol. The van der Waals surface area contributed by atoms with Crippen LogP contribution in [-0.2, 0) is 19.1 Å². The summed E-state index contributed by atoms with van der Waals surface area (Å²) in [6.45, 7) is 6.39. The second-order valence-corrected chi connectivity index (χ2v) is 8.14. The van der Waals surface area contributed by atoms with Crippen LogP contribution < -0.4 is 5.32 Å².